The molecule has 0 fully saturated rings. The van der Waals surface area contributed by atoms with Crippen LogP contribution in [0.3, 0.4) is 0 Å². The molecule has 0 aliphatic heterocycles. The second-order valence-corrected chi connectivity index (χ2v) is 4.65. The molecule has 90 valence electrons. The predicted octanol–water partition coefficient (Wildman–Crippen LogP) is 0.680. The molecule has 0 aliphatic rings. The van der Waals surface area contributed by atoms with Gasteiger partial charge in [0.15, 0.2) is 0 Å². The van der Waals surface area contributed by atoms with Gasteiger partial charge in [0, 0.05) is 5.56 Å². The minimum atomic E-state index is -3.96. The molecule has 0 amide bonds. The molecule has 0 spiro atoms. The highest BCUT2D eigenvalue weighted by molar-refractivity contribution is 7.89. The van der Waals surface area contributed by atoms with Gasteiger partial charge in [0.05, 0.1) is 14.2 Å². The van der Waals surface area contributed by atoms with Crippen molar-refractivity contribution in [2.75, 3.05) is 14.2 Å². The average Bonchev–Trinajstić information content (AvgIpc) is 2.28. The molecule has 0 saturated heterocycles. The van der Waals surface area contributed by atoms with E-state index in [0.717, 1.165) is 0 Å². The Morgan fingerprint density at radius 2 is 1.88 bits per heavy atom. The SMILES string of the molecule is COc1ccc(S(=O)(=O)NO)c(OC)c1C. The van der Waals surface area contributed by atoms with E-state index >= 15 is 0 Å². The van der Waals surface area contributed by atoms with E-state index in [1.807, 2.05) is 0 Å². The van der Waals surface area contributed by atoms with Crippen LogP contribution < -0.4 is 14.4 Å². The monoisotopic (exact) mass is 247 g/mol. The Balaban J connectivity index is 3.49. The molecule has 0 atom stereocenters. The maximum atomic E-state index is 11.5. The van der Waals surface area contributed by atoms with Crippen molar-refractivity contribution in [2.45, 2.75) is 11.8 Å². The quantitative estimate of drug-likeness (QED) is 0.764. The van der Waals surface area contributed by atoms with Crippen molar-refractivity contribution in [3.8, 4) is 11.5 Å². The zero-order valence-corrected chi connectivity index (χ0v) is 9.96. The first-order valence-electron chi connectivity index (χ1n) is 4.35. The van der Waals surface area contributed by atoms with Gasteiger partial charge in [-0.3, -0.25) is 0 Å². The lowest BCUT2D eigenvalue weighted by atomic mass is 10.2. The number of benzene rings is 1. The first-order valence-corrected chi connectivity index (χ1v) is 5.83. The minimum Gasteiger partial charge on any atom is -0.496 e. The smallest absolute Gasteiger partial charge is 0.265 e. The lowest BCUT2D eigenvalue weighted by molar-refractivity contribution is 0.242. The number of sulfonamides is 1. The van der Waals surface area contributed by atoms with Crippen LogP contribution in [0.2, 0.25) is 0 Å². The summed E-state index contributed by atoms with van der Waals surface area (Å²) in [6, 6.07) is 2.78. The molecule has 16 heavy (non-hydrogen) atoms. The molecule has 1 rings (SSSR count). The molecule has 7 heteroatoms. The van der Waals surface area contributed by atoms with Crippen molar-refractivity contribution in [3.63, 3.8) is 0 Å². The van der Waals surface area contributed by atoms with Crippen LogP contribution in [0.5, 0.6) is 11.5 Å². The van der Waals surface area contributed by atoms with Gasteiger partial charge in [-0.2, -0.15) is 0 Å². The van der Waals surface area contributed by atoms with Gasteiger partial charge < -0.3 is 14.7 Å². The highest BCUT2D eigenvalue weighted by Crippen LogP contribution is 2.33. The van der Waals surface area contributed by atoms with Gasteiger partial charge in [-0.15, -0.1) is 0 Å². The fourth-order valence-corrected chi connectivity index (χ4v) is 2.21. The Morgan fingerprint density at radius 1 is 1.25 bits per heavy atom. The number of ether oxygens (including phenoxy) is 2. The number of hydrogen-bond acceptors (Lipinski definition) is 5. The summed E-state index contributed by atoms with van der Waals surface area (Å²) >= 11 is 0. The lowest BCUT2D eigenvalue weighted by Crippen LogP contribution is -2.20. The zero-order valence-electron chi connectivity index (χ0n) is 9.14. The molecular weight excluding hydrogens is 234 g/mol. The van der Waals surface area contributed by atoms with Crippen LogP contribution in [-0.4, -0.2) is 27.8 Å². The molecule has 2 N–H and O–H groups in total. The van der Waals surface area contributed by atoms with Crippen LogP contribution in [0, 0.1) is 6.92 Å². The zero-order chi connectivity index (χ0) is 12.3. The first kappa shape index (κ1) is 12.8. The van der Waals surface area contributed by atoms with Crippen molar-refractivity contribution in [1.29, 1.82) is 0 Å². The van der Waals surface area contributed by atoms with Gasteiger partial charge in [0.25, 0.3) is 10.0 Å². The van der Waals surface area contributed by atoms with Crippen molar-refractivity contribution >= 4 is 10.0 Å². The lowest BCUT2D eigenvalue weighted by Gasteiger charge is -2.13. The third-order valence-corrected chi connectivity index (χ3v) is 3.29. The van der Waals surface area contributed by atoms with E-state index in [1.54, 1.807) is 6.92 Å². The summed E-state index contributed by atoms with van der Waals surface area (Å²) < 4.78 is 32.9. The molecule has 1 aromatic carbocycles. The molecule has 0 radical (unpaired) electrons. The second kappa shape index (κ2) is 4.69. The van der Waals surface area contributed by atoms with Crippen LogP contribution >= 0.6 is 0 Å². The summed E-state index contributed by atoms with van der Waals surface area (Å²) in [6.07, 6.45) is 0. The van der Waals surface area contributed by atoms with Crippen LogP contribution in [0.15, 0.2) is 17.0 Å². The topological polar surface area (TPSA) is 84.9 Å². The van der Waals surface area contributed by atoms with Crippen LogP contribution in [-0.2, 0) is 10.0 Å². The van der Waals surface area contributed by atoms with Gasteiger partial charge in [-0.25, -0.2) is 8.42 Å². The minimum absolute atomic E-state index is 0.140. The van der Waals surface area contributed by atoms with E-state index in [-0.39, 0.29) is 10.6 Å². The van der Waals surface area contributed by atoms with Crippen molar-refractivity contribution in [1.82, 2.24) is 4.89 Å². The summed E-state index contributed by atoms with van der Waals surface area (Å²) in [7, 11) is -1.15. The normalized spacial score (nSPS) is 11.2. The highest BCUT2D eigenvalue weighted by Gasteiger charge is 2.21. The van der Waals surface area contributed by atoms with E-state index in [1.165, 1.54) is 31.2 Å². The van der Waals surface area contributed by atoms with Gasteiger partial charge in [0.2, 0.25) is 0 Å². The molecule has 0 unspecified atom stereocenters. The predicted molar refractivity (Wildman–Crippen MR) is 56.4 cm³/mol. The number of methoxy groups -OCH3 is 2. The summed E-state index contributed by atoms with van der Waals surface area (Å²) in [4.78, 5) is 1.11. The van der Waals surface area contributed by atoms with Crippen LogP contribution in [0.1, 0.15) is 5.56 Å². The standard InChI is InChI=1S/C9H13NO5S/c1-6-7(14-2)4-5-8(9(6)15-3)16(12,13)10-11/h4-5,10-11H,1-3H3. The van der Waals surface area contributed by atoms with Crippen molar-refractivity contribution in [3.05, 3.63) is 17.7 Å². The average molecular weight is 247 g/mol. The van der Waals surface area contributed by atoms with Crippen LogP contribution in [0.25, 0.3) is 0 Å². The highest BCUT2D eigenvalue weighted by atomic mass is 32.2. The molecule has 0 heterocycles. The number of hydrogen-bond donors (Lipinski definition) is 2. The summed E-state index contributed by atoms with van der Waals surface area (Å²) in [6.45, 7) is 1.66. The van der Waals surface area contributed by atoms with Crippen molar-refractivity contribution < 1.29 is 23.1 Å². The maximum Gasteiger partial charge on any atom is 0.265 e. The Hall–Kier alpha value is -1.31. The van der Waals surface area contributed by atoms with E-state index in [9.17, 15) is 8.42 Å². The Labute approximate surface area is 93.8 Å². The summed E-state index contributed by atoms with van der Waals surface area (Å²) in [5.74, 6) is 0.648. The largest absolute Gasteiger partial charge is 0.496 e. The first-order chi connectivity index (χ1) is 7.47. The third kappa shape index (κ3) is 2.11. The van der Waals surface area contributed by atoms with E-state index < -0.39 is 10.0 Å². The van der Waals surface area contributed by atoms with Crippen molar-refractivity contribution in [2.24, 2.45) is 0 Å². The van der Waals surface area contributed by atoms with E-state index in [2.05, 4.69) is 0 Å². The molecule has 0 aliphatic carbocycles. The Bertz CT molecular complexity index is 483. The molecule has 0 aromatic heterocycles. The van der Waals surface area contributed by atoms with E-state index in [4.69, 9.17) is 14.7 Å². The summed E-state index contributed by atoms with van der Waals surface area (Å²) in [5, 5.41) is 8.56. The maximum absolute atomic E-state index is 11.5. The van der Waals surface area contributed by atoms with Gasteiger partial charge in [0.1, 0.15) is 16.4 Å². The molecule has 0 bridgehead atoms. The molecule has 6 nitrogen and oxygen atoms in total. The molecule has 1 aromatic rings. The third-order valence-electron chi connectivity index (χ3n) is 2.15. The second-order valence-electron chi connectivity index (χ2n) is 3.02. The number of rotatable bonds is 4. The van der Waals surface area contributed by atoms with E-state index in [0.29, 0.717) is 11.3 Å². The molecule has 0 saturated carbocycles. The summed E-state index contributed by atoms with van der Waals surface area (Å²) in [5.41, 5.74) is 0.543. The molecular formula is C9H13NO5S. The fourth-order valence-electron chi connectivity index (χ4n) is 1.38. The van der Waals surface area contributed by atoms with Crippen LogP contribution in [0.4, 0.5) is 0 Å². The van der Waals surface area contributed by atoms with Gasteiger partial charge >= 0.3 is 0 Å². The van der Waals surface area contributed by atoms with Gasteiger partial charge in [-0.1, -0.05) is 4.89 Å². The Morgan fingerprint density at radius 3 is 2.31 bits per heavy atom. The fraction of sp³-hybridized carbons (Fsp3) is 0.333. The van der Waals surface area contributed by atoms with Gasteiger partial charge in [-0.05, 0) is 19.1 Å². The Kier molecular flexibility index (Phi) is 3.74. The number of nitrogens with one attached hydrogen (secondary N) is 1.